The standard InChI is InChI=1S/C14H22N2O2/c1-3-13(10-18-2)16-14(17)9-6-11-4-7-12(15)8-5-11/h4-5,7-8,13H,3,6,9-10,15H2,1-2H3,(H,16,17). The maximum atomic E-state index is 11.7. The summed E-state index contributed by atoms with van der Waals surface area (Å²) in [6, 6.07) is 7.72. The van der Waals surface area contributed by atoms with Gasteiger partial charge in [0.2, 0.25) is 5.91 Å². The van der Waals surface area contributed by atoms with Gasteiger partial charge in [0.25, 0.3) is 0 Å². The van der Waals surface area contributed by atoms with Crippen molar-refractivity contribution < 1.29 is 9.53 Å². The van der Waals surface area contributed by atoms with Gasteiger partial charge in [-0.2, -0.15) is 0 Å². The SMILES string of the molecule is CCC(COC)NC(=O)CCc1ccc(N)cc1. The van der Waals surface area contributed by atoms with Gasteiger partial charge in [0, 0.05) is 19.2 Å². The molecule has 1 unspecified atom stereocenters. The zero-order chi connectivity index (χ0) is 13.4. The highest BCUT2D eigenvalue weighted by Crippen LogP contribution is 2.07. The highest BCUT2D eigenvalue weighted by Gasteiger charge is 2.09. The summed E-state index contributed by atoms with van der Waals surface area (Å²) in [4.78, 5) is 11.7. The van der Waals surface area contributed by atoms with Crippen molar-refractivity contribution in [3.05, 3.63) is 29.8 Å². The molecule has 3 N–H and O–H groups in total. The van der Waals surface area contributed by atoms with Crippen LogP contribution < -0.4 is 11.1 Å². The number of benzene rings is 1. The molecular formula is C14H22N2O2. The molecule has 0 saturated heterocycles. The van der Waals surface area contributed by atoms with Crippen LogP contribution in [0.4, 0.5) is 5.69 Å². The van der Waals surface area contributed by atoms with E-state index in [9.17, 15) is 4.79 Å². The van der Waals surface area contributed by atoms with E-state index in [4.69, 9.17) is 10.5 Å². The number of ether oxygens (including phenoxy) is 1. The third-order valence-corrected chi connectivity index (χ3v) is 2.85. The summed E-state index contributed by atoms with van der Waals surface area (Å²) in [5.41, 5.74) is 7.48. The second kappa shape index (κ2) is 7.71. The minimum absolute atomic E-state index is 0.0655. The molecular weight excluding hydrogens is 228 g/mol. The summed E-state index contributed by atoms with van der Waals surface area (Å²) < 4.78 is 5.04. The number of anilines is 1. The van der Waals surface area contributed by atoms with Gasteiger partial charge in [-0.05, 0) is 30.5 Å². The number of nitrogen functional groups attached to an aromatic ring is 1. The molecule has 0 heterocycles. The first-order valence-corrected chi connectivity index (χ1v) is 6.28. The first-order chi connectivity index (χ1) is 8.65. The number of carbonyl (C=O) groups is 1. The molecule has 4 nitrogen and oxygen atoms in total. The fourth-order valence-electron chi connectivity index (χ4n) is 1.70. The Kier molecular flexibility index (Phi) is 6.22. The molecule has 0 spiro atoms. The van der Waals surface area contributed by atoms with Gasteiger partial charge in [-0.15, -0.1) is 0 Å². The number of rotatable bonds is 7. The highest BCUT2D eigenvalue weighted by atomic mass is 16.5. The van der Waals surface area contributed by atoms with Crippen molar-refractivity contribution in [3.8, 4) is 0 Å². The summed E-state index contributed by atoms with van der Waals surface area (Å²) >= 11 is 0. The lowest BCUT2D eigenvalue weighted by atomic mass is 10.1. The molecule has 18 heavy (non-hydrogen) atoms. The van der Waals surface area contributed by atoms with Crippen LogP contribution in [0.5, 0.6) is 0 Å². The van der Waals surface area contributed by atoms with Crippen molar-refractivity contribution in [1.29, 1.82) is 0 Å². The lowest BCUT2D eigenvalue weighted by molar-refractivity contribution is -0.122. The first-order valence-electron chi connectivity index (χ1n) is 6.28. The molecule has 4 heteroatoms. The van der Waals surface area contributed by atoms with Crippen LogP contribution in [0.1, 0.15) is 25.3 Å². The number of methoxy groups -OCH3 is 1. The van der Waals surface area contributed by atoms with E-state index in [0.717, 1.165) is 24.1 Å². The fraction of sp³-hybridized carbons (Fsp3) is 0.500. The molecule has 1 rings (SSSR count). The normalized spacial score (nSPS) is 12.1. The molecule has 1 amide bonds. The van der Waals surface area contributed by atoms with Gasteiger partial charge in [0.15, 0.2) is 0 Å². The van der Waals surface area contributed by atoms with Crippen molar-refractivity contribution in [3.63, 3.8) is 0 Å². The van der Waals surface area contributed by atoms with E-state index < -0.39 is 0 Å². The van der Waals surface area contributed by atoms with Crippen molar-refractivity contribution in [2.24, 2.45) is 0 Å². The average molecular weight is 250 g/mol. The van der Waals surface area contributed by atoms with Gasteiger partial charge in [-0.3, -0.25) is 4.79 Å². The van der Waals surface area contributed by atoms with E-state index in [-0.39, 0.29) is 11.9 Å². The Labute approximate surface area is 109 Å². The molecule has 0 radical (unpaired) electrons. The third-order valence-electron chi connectivity index (χ3n) is 2.85. The minimum atomic E-state index is 0.0655. The van der Waals surface area contributed by atoms with E-state index in [1.807, 2.05) is 31.2 Å². The van der Waals surface area contributed by atoms with E-state index in [0.29, 0.717) is 13.0 Å². The van der Waals surface area contributed by atoms with Crippen LogP contribution in [0.2, 0.25) is 0 Å². The van der Waals surface area contributed by atoms with Crippen LogP contribution in [0, 0.1) is 0 Å². The number of hydrogen-bond donors (Lipinski definition) is 2. The summed E-state index contributed by atoms with van der Waals surface area (Å²) in [5, 5.41) is 2.96. The summed E-state index contributed by atoms with van der Waals surface area (Å²) in [7, 11) is 1.64. The molecule has 1 aromatic rings. The summed E-state index contributed by atoms with van der Waals surface area (Å²) in [5.74, 6) is 0.0655. The van der Waals surface area contributed by atoms with Gasteiger partial charge in [0.1, 0.15) is 0 Å². The fourth-order valence-corrected chi connectivity index (χ4v) is 1.70. The van der Waals surface area contributed by atoms with Gasteiger partial charge in [-0.25, -0.2) is 0 Å². The highest BCUT2D eigenvalue weighted by molar-refractivity contribution is 5.76. The number of nitrogens with one attached hydrogen (secondary N) is 1. The summed E-state index contributed by atoms with van der Waals surface area (Å²) in [6.45, 7) is 2.59. The van der Waals surface area contributed by atoms with E-state index in [1.54, 1.807) is 7.11 Å². The Morgan fingerprint density at radius 2 is 2.06 bits per heavy atom. The lowest BCUT2D eigenvalue weighted by Crippen LogP contribution is -2.37. The number of amides is 1. The molecule has 1 atom stereocenters. The topological polar surface area (TPSA) is 64.3 Å². The van der Waals surface area contributed by atoms with Crippen LogP contribution >= 0.6 is 0 Å². The number of aryl methyl sites for hydroxylation is 1. The van der Waals surface area contributed by atoms with E-state index in [1.165, 1.54) is 0 Å². The molecule has 1 aromatic carbocycles. The molecule has 0 fully saturated rings. The van der Waals surface area contributed by atoms with E-state index in [2.05, 4.69) is 5.32 Å². The first kappa shape index (κ1) is 14.5. The second-order valence-electron chi connectivity index (χ2n) is 4.37. The molecule has 0 bridgehead atoms. The molecule has 0 aliphatic rings. The predicted molar refractivity (Wildman–Crippen MR) is 73.3 cm³/mol. The number of hydrogen-bond acceptors (Lipinski definition) is 3. The minimum Gasteiger partial charge on any atom is -0.399 e. The van der Waals surface area contributed by atoms with Crippen LogP contribution in [-0.4, -0.2) is 25.7 Å². The largest absolute Gasteiger partial charge is 0.399 e. The maximum Gasteiger partial charge on any atom is 0.220 e. The second-order valence-corrected chi connectivity index (χ2v) is 4.37. The van der Waals surface area contributed by atoms with Crippen molar-refractivity contribution in [2.45, 2.75) is 32.2 Å². The lowest BCUT2D eigenvalue weighted by Gasteiger charge is -2.15. The summed E-state index contributed by atoms with van der Waals surface area (Å²) in [6.07, 6.45) is 2.10. The van der Waals surface area contributed by atoms with Gasteiger partial charge >= 0.3 is 0 Å². The zero-order valence-corrected chi connectivity index (χ0v) is 11.1. The van der Waals surface area contributed by atoms with Crippen LogP contribution in [0.15, 0.2) is 24.3 Å². The van der Waals surface area contributed by atoms with Gasteiger partial charge < -0.3 is 15.8 Å². The maximum absolute atomic E-state index is 11.7. The Morgan fingerprint density at radius 1 is 1.39 bits per heavy atom. The Balaban J connectivity index is 2.34. The smallest absolute Gasteiger partial charge is 0.220 e. The molecule has 0 aromatic heterocycles. The van der Waals surface area contributed by atoms with Crippen molar-refractivity contribution >= 4 is 11.6 Å². The van der Waals surface area contributed by atoms with E-state index >= 15 is 0 Å². The third kappa shape index (κ3) is 5.19. The molecule has 0 aliphatic heterocycles. The van der Waals surface area contributed by atoms with Crippen LogP contribution in [0.3, 0.4) is 0 Å². The van der Waals surface area contributed by atoms with Gasteiger partial charge in [-0.1, -0.05) is 19.1 Å². The number of nitrogens with two attached hydrogens (primary N) is 1. The number of carbonyl (C=O) groups excluding carboxylic acids is 1. The zero-order valence-electron chi connectivity index (χ0n) is 11.1. The quantitative estimate of drug-likeness (QED) is 0.724. The molecule has 0 aliphatic carbocycles. The Bertz CT molecular complexity index is 363. The Hall–Kier alpha value is -1.55. The van der Waals surface area contributed by atoms with Crippen molar-refractivity contribution in [1.82, 2.24) is 5.32 Å². The van der Waals surface area contributed by atoms with Gasteiger partial charge in [0.05, 0.1) is 12.6 Å². The van der Waals surface area contributed by atoms with Crippen molar-refractivity contribution in [2.75, 3.05) is 19.5 Å². The Morgan fingerprint density at radius 3 is 2.61 bits per heavy atom. The average Bonchev–Trinajstić information content (AvgIpc) is 2.37. The molecule has 0 saturated carbocycles. The van der Waals surface area contributed by atoms with Crippen LogP contribution in [-0.2, 0) is 16.0 Å². The predicted octanol–water partition coefficient (Wildman–Crippen LogP) is 1.74. The monoisotopic (exact) mass is 250 g/mol. The van der Waals surface area contributed by atoms with Crippen LogP contribution in [0.25, 0.3) is 0 Å². The molecule has 100 valence electrons.